The van der Waals surface area contributed by atoms with Crippen molar-refractivity contribution in [3.63, 3.8) is 0 Å². The van der Waals surface area contributed by atoms with Gasteiger partial charge in [-0.05, 0) is 134 Å². The van der Waals surface area contributed by atoms with E-state index in [-0.39, 0.29) is 55.2 Å². The molecule has 1 amide bonds. The summed E-state index contributed by atoms with van der Waals surface area (Å²) >= 11 is 18.6. The number of hydrogen-bond donors (Lipinski definition) is 3. The number of anilines is 1. The maximum Gasteiger partial charge on any atom is 0.391 e. The molecule has 25 nitrogen and oxygen atoms in total. The van der Waals surface area contributed by atoms with Crippen molar-refractivity contribution in [1.82, 2.24) is 48.9 Å². The highest BCUT2D eigenvalue weighted by atomic mass is 35.5. The number of amides is 1. The molecule has 14 rings (SSSR count). The van der Waals surface area contributed by atoms with Crippen LogP contribution in [0.1, 0.15) is 36.1 Å². The van der Waals surface area contributed by atoms with E-state index in [4.69, 9.17) is 70.0 Å². The molecule has 0 saturated carbocycles. The zero-order valence-corrected chi connectivity index (χ0v) is 68.0. The smallest absolute Gasteiger partial charge is 0.391 e. The van der Waals surface area contributed by atoms with Gasteiger partial charge < -0.3 is 63.6 Å². The van der Waals surface area contributed by atoms with Gasteiger partial charge in [0.15, 0.2) is 34.7 Å². The molecule has 14 aromatic rings. The molecule has 9 heterocycles. The molecule has 5 aromatic carbocycles. The van der Waals surface area contributed by atoms with Gasteiger partial charge in [-0.25, -0.2) is 37.7 Å². The molecule has 0 spiro atoms. The lowest BCUT2D eigenvalue weighted by atomic mass is 10.1. The first-order valence-corrected chi connectivity index (χ1v) is 39.0. The summed E-state index contributed by atoms with van der Waals surface area (Å²) in [7, 11) is 8.96. The third-order valence-corrected chi connectivity index (χ3v) is 19.6. The van der Waals surface area contributed by atoms with E-state index in [2.05, 4.69) is 44.7 Å². The van der Waals surface area contributed by atoms with Crippen molar-refractivity contribution in [2.24, 2.45) is 26.9 Å². The minimum Gasteiger partial charge on any atom is -0.496 e. The molecule has 0 saturated heterocycles. The topological polar surface area (TPSA) is 323 Å². The fraction of sp³-hybridized carbons (Fsp3) is 0.195. The molecule has 0 atom stereocenters. The Morgan fingerprint density at radius 1 is 0.474 bits per heavy atom. The Morgan fingerprint density at radius 2 is 0.853 bits per heavy atom. The summed E-state index contributed by atoms with van der Waals surface area (Å²) in [5, 5.41) is 1.74. The van der Waals surface area contributed by atoms with Gasteiger partial charge in [-0.15, -0.1) is 57.2 Å². The molecule has 5 N–H and O–H groups in total. The summed E-state index contributed by atoms with van der Waals surface area (Å²) in [5.41, 5.74) is 18.9. The number of fused-ring (bicyclic) bond motifs is 3. The van der Waals surface area contributed by atoms with Crippen LogP contribution in [0.15, 0.2) is 196 Å². The van der Waals surface area contributed by atoms with E-state index in [9.17, 15) is 41.9 Å². The summed E-state index contributed by atoms with van der Waals surface area (Å²) in [4.78, 5) is 96.9. The van der Waals surface area contributed by atoms with Gasteiger partial charge in [0.25, 0.3) is 5.91 Å². The van der Waals surface area contributed by atoms with Gasteiger partial charge in [-0.1, -0.05) is 48.5 Å². The number of nitrogens with one attached hydrogen (secondary N) is 1. The van der Waals surface area contributed by atoms with Crippen LogP contribution in [0.2, 0.25) is 0 Å². The van der Waals surface area contributed by atoms with E-state index >= 15 is 0 Å². The summed E-state index contributed by atoms with van der Waals surface area (Å²) < 4.78 is 88.3. The standard InChI is InChI=1S/C29H25FN4O4S.C22H18FN3O4S.C17H13FN4OS.C9H13NO.C4H5ClO3.CH2Cl2/c1-34-16-22(33-17-34)27-15-21-28(39-27)26(10-12-31-21)38-25-8-7-18(13-20(25)30)14-23(35)29(36)32-11-9-19-5-3-4-6-24(19)37-2;1-3-29-22(28)17(27)9-13-4-5-18(14(23)8-13)30-19-6-7-24-15-10-20(31-21(15)19)16-11-26(2)12-25-16;1-22-8-13(21-9-22)16-7-12-17(24-16)15(4-5-20-12)23-14-3-2-10(19)6-11(14)18;1-11-9-5-3-2-4-8(9)6-7-10;1-2-8-4(7)3(5)6;2-1-3/h3-8,10,12-13,15-17H,9,11,14H2,1-2H3,(H,32,36);4-8,10-12H,3,9H2,1-2H3;2-9H,19H2,1H3;2-5H,6-7,10H2,1H3;2H2,1H3;1H2. The first-order chi connectivity index (χ1) is 55.9. The molecule has 0 unspecified atom stereocenters. The second-order valence-corrected chi connectivity index (χ2v) is 28.7. The first kappa shape index (κ1) is 87.9. The number of pyridine rings is 3. The number of nitrogen functional groups attached to an aromatic ring is 1. The highest BCUT2D eigenvalue weighted by Gasteiger charge is 2.22. The third kappa shape index (κ3) is 24.7. The Hall–Kier alpha value is -12.1. The van der Waals surface area contributed by atoms with Crippen molar-refractivity contribution in [3.8, 4) is 77.7 Å². The Labute approximate surface area is 690 Å². The van der Waals surface area contributed by atoms with Crippen LogP contribution in [0.4, 0.5) is 18.9 Å². The van der Waals surface area contributed by atoms with Crippen molar-refractivity contribution in [1.29, 1.82) is 0 Å². The van der Waals surface area contributed by atoms with Crippen LogP contribution in [0.5, 0.6) is 46.0 Å². The van der Waals surface area contributed by atoms with Gasteiger partial charge in [0, 0.05) is 108 Å². The number of aromatic nitrogens is 9. The van der Waals surface area contributed by atoms with Crippen molar-refractivity contribution in [2.75, 3.05) is 51.6 Å². The van der Waals surface area contributed by atoms with Crippen LogP contribution >= 0.6 is 68.8 Å². The van der Waals surface area contributed by atoms with Gasteiger partial charge in [0.05, 0.1) is 114 Å². The van der Waals surface area contributed by atoms with E-state index in [1.54, 1.807) is 102 Å². The average Bonchev–Trinajstić information content (AvgIpc) is 1.65. The number of alkyl halides is 2. The molecule has 9 aromatic heterocycles. The SMILES string of the molecule is CCOC(=O)C(=O)Cc1ccc(Oc2ccnc3cc(-c4cn(C)cn4)sc23)c(F)c1.CCOC(=O)C(=O)Cl.COc1ccccc1CCN.COc1ccccc1CCNC(=O)C(=O)Cc1ccc(Oc2ccnc3cc(-c4cn(C)cn4)sc23)c(F)c1.ClCCl.Cn1cnc(-c2cc3nccc(Oc4ccc(N)cc4F)c3s2)c1. The van der Waals surface area contributed by atoms with E-state index in [0.717, 1.165) is 85.8 Å². The fourth-order valence-electron chi connectivity index (χ4n) is 10.7. The minimum atomic E-state index is -1.08. The van der Waals surface area contributed by atoms with Crippen LogP contribution in [-0.4, -0.2) is 124 Å². The van der Waals surface area contributed by atoms with Crippen molar-refractivity contribution in [3.05, 3.63) is 235 Å². The number of esters is 2. The fourth-order valence-corrected chi connectivity index (χ4v) is 13.9. The predicted octanol–water partition coefficient (Wildman–Crippen LogP) is 16.6. The normalized spacial score (nSPS) is 10.5. The van der Waals surface area contributed by atoms with Crippen molar-refractivity contribution < 1.29 is 75.1 Å². The second-order valence-electron chi connectivity index (χ2n) is 24.4. The Kier molecular flexibility index (Phi) is 32.9. The molecule has 34 heteroatoms. The van der Waals surface area contributed by atoms with Gasteiger partial charge >= 0.3 is 17.2 Å². The maximum absolute atomic E-state index is 14.9. The van der Waals surface area contributed by atoms with Gasteiger partial charge in [0.1, 0.15) is 28.7 Å². The summed E-state index contributed by atoms with van der Waals surface area (Å²) in [5.74, 6) is -2.52. The van der Waals surface area contributed by atoms with Gasteiger partial charge in [-0.2, -0.15) is 0 Å². The Bertz CT molecular complexity index is 5740. The van der Waals surface area contributed by atoms with Crippen LogP contribution < -0.4 is 40.5 Å². The van der Waals surface area contributed by atoms with Crippen molar-refractivity contribution >= 4 is 140 Å². The molecular formula is C82H76Cl3F3N12O13S3. The average molecular weight is 1700 g/mol. The van der Waals surface area contributed by atoms with E-state index in [1.807, 2.05) is 120 Å². The van der Waals surface area contributed by atoms with Crippen LogP contribution in [0.25, 0.3) is 62.4 Å². The minimum absolute atomic E-state index is 0.00706. The lowest BCUT2D eigenvalue weighted by molar-refractivity contribution is -0.153. The number of halogens is 6. The maximum atomic E-state index is 14.9. The highest BCUT2D eigenvalue weighted by molar-refractivity contribution is 7.23. The number of nitrogens with zero attached hydrogens (tertiary/aromatic N) is 9. The summed E-state index contributed by atoms with van der Waals surface area (Å²) in [6.07, 6.45) is 16.7. The number of ketones is 2. The molecular weight excluding hydrogens is 1620 g/mol. The number of carbonyl (C=O) groups excluding carboxylic acids is 6. The number of Topliss-reactive ketones (excluding diaryl/α,β-unsaturated/α-hetero) is 2. The highest BCUT2D eigenvalue weighted by Crippen LogP contribution is 2.43. The lowest BCUT2D eigenvalue weighted by Crippen LogP contribution is -2.33. The summed E-state index contributed by atoms with van der Waals surface area (Å²) in [6, 6.07) is 39.0. The molecule has 0 aliphatic rings. The number of carbonyl (C=O) groups is 6. The molecule has 602 valence electrons. The molecule has 0 aliphatic heterocycles. The zero-order valence-electron chi connectivity index (χ0n) is 63.3. The van der Waals surface area contributed by atoms with E-state index in [0.29, 0.717) is 47.0 Å². The number of ether oxygens (including phenoxy) is 7. The Balaban J connectivity index is 0.000000178. The zero-order chi connectivity index (χ0) is 83.4. The van der Waals surface area contributed by atoms with Gasteiger partial charge in [0.2, 0.25) is 11.6 Å². The number of methoxy groups -OCH3 is 2. The van der Waals surface area contributed by atoms with Gasteiger partial charge in [-0.3, -0.25) is 34.1 Å². The first-order valence-electron chi connectivity index (χ1n) is 35.1. The number of imidazole rings is 3. The number of nitrogens with two attached hydrogens (primary N) is 2. The van der Waals surface area contributed by atoms with Crippen LogP contribution in [0, 0.1) is 17.5 Å². The van der Waals surface area contributed by atoms with Crippen molar-refractivity contribution in [2.45, 2.75) is 39.5 Å². The molecule has 0 aliphatic carbocycles. The number of rotatable bonds is 25. The summed E-state index contributed by atoms with van der Waals surface area (Å²) in [6.45, 7) is 4.43. The molecule has 0 bridgehead atoms. The van der Waals surface area contributed by atoms with Crippen LogP contribution in [0.3, 0.4) is 0 Å². The monoisotopic (exact) mass is 1690 g/mol. The Morgan fingerprint density at radius 3 is 1.21 bits per heavy atom. The molecule has 0 radical (unpaired) electrons. The molecule has 116 heavy (non-hydrogen) atoms. The van der Waals surface area contributed by atoms with Crippen LogP contribution in [-0.2, 0) is 85.1 Å². The third-order valence-electron chi connectivity index (χ3n) is 16.0. The second kappa shape index (κ2) is 43.4. The lowest BCUT2D eigenvalue weighted by Gasteiger charge is -2.10. The molecule has 0 fully saturated rings. The number of aryl methyl sites for hydroxylation is 3. The number of hydrogen-bond acceptors (Lipinski definition) is 24. The quantitative estimate of drug-likeness (QED) is 0.0157. The van der Waals surface area contributed by atoms with E-state index in [1.165, 1.54) is 76.0 Å². The number of para-hydroxylation sites is 2. The van der Waals surface area contributed by atoms with E-state index < -0.39 is 52.1 Å². The number of thiophene rings is 3. The predicted molar refractivity (Wildman–Crippen MR) is 443 cm³/mol. The largest absolute Gasteiger partial charge is 0.496 e. The number of benzene rings is 5.